The molecule has 3 aliphatic heterocycles. The highest BCUT2D eigenvalue weighted by Crippen LogP contribution is 2.37. The topological polar surface area (TPSA) is 88.2 Å². The molecule has 8 heteroatoms. The second-order valence-electron chi connectivity index (χ2n) is 11.7. The maximum atomic E-state index is 14.0. The lowest BCUT2D eigenvalue weighted by molar-refractivity contribution is -0.143. The molecule has 2 aliphatic carbocycles. The fourth-order valence-electron chi connectivity index (χ4n) is 7.09. The zero-order valence-electron chi connectivity index (χ0n) is 21.8. The van der Waals surface area contributed by atoms with Gasteiger partial charge in [0.1, 0.15) is 30.4 Å². The Bertz CT molecular complexity index is 1020. The molecule has 0 bridgehead atoms. The number of hydrogen-bond acceptors (Lipinski definition) is 6. The van der Waals surface area contributed by atoms with Gasteiger partial charge >= 0.3 is 0 Å². The predicted octanol–water partition coefficient (Wildman–Crippen LogP) is 2.65. The number of fused-ring (bicyclic) bond motifs is 1. The summed E-state index contributed by atoms with van der Waals surface area (Å²) in [6, 6.07) is 8.18. The van der Waals surface area contributed by atoms with E-state index in [1.165, 1.54) is 31.2 Å². The van der Waals surface area contributed by atoms with Crippen LogP contribution in [0.25, 0.3) is 0 Å². The van der Waals surface area contributed by atoms with E-state index in [1.54, 1.807) is 12.0 Å². The van der Waals surface area contributed by atoms with Crippen LogP contribution < -0.4 is 5.32 Å². The molecule has 37 heavy (non-hydrogen) atoms. The zero-order chi connectivity index (χ0) is 25.6. The van der Waals surface area contributed by atoms with Gasteiger partial charge < -0.3 is 24.6 Å². The van der Waals surface area contributed by atoms with Crippen molar-refractivity contribution >= 4 is 17.6 Å². The Labute approximate surface area is 219 Å². The van der Waals surface area contributed by atoms with Crippen molar-refractivity contribution in [2.45, 2.75) is 93.5 Å². The summed E-state index contributed by atoms with van der Waals surface area (Å²) in [5.41, 5.74) is 0.870. The first-order chi connectivity index (χ1) is 18.0. The molecule has 5 fully saturated rings. The van der Waals surface area contributed by atoms with Crippen molar-refractivity contribution in [3.63, 3.8) is 0 Å². The molecule has 1 aromatic carbocycles. The number of carbonyl (C=O) groups excluding carboxylic acids is 3. The van der Waals surface area contributed by atoms with E-state index < -0.39 is 17.7 Å². The van der Waals surface area contributed by atoms with Gasteiger partial charge in [-0.2, -0.15) is 0 Å². The van der Waals surface area contributed by atoms with E-state index in [4.69, 9.17) is 9.47 Å². The maximum Gasteiger partial charge on any atom is 0.252 e. The molecule has 0 radical (unpaired) electrons. The lowest BCUT2D eigenvalue weighted by Gasteiger charge is -2.40. The van der Waals surface area contributed by atoms with Gasteiger partial charge in [-0.25, -0.2) is 0 Å². The van der Waals surface area contributed by atoms with Crippen LogP contribution in [-0.4, -0.2) is 90.6 Å². The number of ketones is 1. The quantitative estimate of drug-likeness (QED) is 0.635. The predicted molar refractivity (Wildman–Crippen MR) is 137 cm³/mol. The summed E-state index contributed by atoms with van der Waals surface area (Å²) in [6.45, 7) is 2.64. The van der Waals surface area contributed by atoms with Crippen LogP contribution in [0.3, 0.4) is 0 Å². The molecule has 1 N–H and O–H groups in total. The Morgan fingerprint density at radius 1 is 1.03 bits per heavy atom. The van der Waals surface area contributed by atoms with Crippen molar-refractivity contribution in [2.75, 3.05) is 33.4 Å². The van der Waals surface area contributed by atoms with Gasteiger partial charge in [-0.3, -0.25) is 14.4 Å². The first-order valence-corrected chi connectivity index (χ1v) is 14.1. The monoisotopic (exact) mass is 509 g/mol. The summed E-state index contributed by atoms with van der Waals surface area (Å²) in [4.78, 5) is 44.3. The first-order valence-electron chi connectivity index (χ1n) is 14.1. The summed E-state index contributed by atoms with van der Waals surface area (Å²) >= 11 is 0. The summed E-state index contributed by atoms with van der Waals surface area (Å²) in [6.07, 6.45) is 8.21. The number of nitrogens with zero attached hydrogens (tertiary/aromatic N) is 2. The standard InChI is InChI=1S/C29H39N3O5/c1-36-24-17-32(25-23(33)18-37-26(24)25)28(35)29(13-3-2-4-14-29)30-27(34)21-7-5-19(6-8-21)20-11-15-31(16-12-20)22-9-10-22/h5-8,20,22,24-26H,2-4,9-18H2,1H3,(H,30,34)/t24-,25-,26-/m1/s1. The molecule has 5 aliphatic rings. The van der Waals surface area contributed by atoms with Crippen LogP contribution >= 0.6 is 0 Å². The Morgan fingerprint density at radius 2 is 1.73 bits per heavy atom. The van der Waals surface area contributed by atoms with E-state index in [1.807, 2.05) is 12.1 Å². The van der Waals surface area contributed by atoms with Gasteiger partial charge in [-0.1, -0.05) is 31.4 Å². The Kier molecular flexibility index (Phi) is 6.84. The fourth-order valence-corrected chi connectivity index (χ4v) is 7.09. The summed E-state index contributed by atoms with van der Waals surface area (Å²) < 4.78 is 11.2. The van der Waals surface area contributed by atoms with E-state index >= 15 is 0 Å². The normalized spacial score (nSPS) is 30.4. The van der Waals surface area contributed by atoms with Crippen LogP contribution in [0.5, 0.6) is 0 Å². The highest BCUT2D eigenvalue weighted by molar-refractivity contribution is 6.01. The van der Waals surface area contributed by atoms with Crippen LogP contribution in [0.2, 0.25) is 0 Å². The fraction of sp³-hybridized carbons (Fsp3) is 0.690. The lowest BCUT2D eigenvalue weighted by atomic mass is 9.80. The third-order valence-electron chi connectivity index (χ3n) is 9.41. The van der Waals surface area contributed by atoms with Crippen molar-refractivity contribution < 1.29 is 23.9 Å². The number of methoxy groups -OCH3 is 1. The third-order valence-corrected chi connectivity index (χ3v) is 9.41. The third kappa shape index (κ3) is 4.72. The van der Waals surface area contributed by atoms with Crippen LogP contribution in [-0.2, 0) is 19.1 Å². The van der Waals surface area contributed by atoms with Gasteiger partial charge in [0.15, 0.2) is 5.78 Å². The summed E-state index contributed by atoms with van der Waals surface area (Å²) in [7, 11) is 1.58. The number of amides is 2. The zero-order valence-corrected chi connectivity index (χ0v) is 21.8. The highest BCUT2D eigenvalue weighted by Gasteiger charge is 2.56. The second-order valence-corrected chi connectivity index (χ2v) is 11.7. The van der Waals surface area contributed by atoms with Gasteiger partial charge in [0, 0.05) is 18.7 Å². The number of ether oxygens (including phenoxy) is 2. The van der Waals surface area contributed by atoms with E-state index in [-0.39, 0.29) is 30.3 Å². The van der Waals surface area contributed by atoms with Crippen molar-refractivity contribution in [3.8, 4) is 0 Å². The Morgan fingerprint density at radius 3 is 2.38 bits per heavy atom. The molecule has 6 rings (SSSR count). The molecule has 3 heterocycles. The van der Waals surface area contributed by atoms with E-state index in [0.29, 0.717) is 30.9 Å². The molecular formula is C29H39N3O5. The number of benzene rings is 1. The SMILES string of the molecule is CO[C@@H]1CN(C(=O)C2(NC(=O)c3ccc(C4CCN(C5CC5)CC4)cc3)CCCCC2)[C@@H]2C(=O)CO[C@@H]21. The molecule has 200 valence electrons. The van der Waals surface area contributed by atoms with E-state index in [0.717, 1.165) is 38.4 Å². The highest BCUT2D eigenvalue weighted by atomic mass is 16.5. The largest absolute Gasteiger partial charge is 0.377 e. The van der Waals surface area contributed by atoms with E-state index in [9.17, 15) is 14.4 Å². The number of carbonyl (C=O) groups is 3. The van der Waals surface area contributed by atoms with Crippen LogP contribution in [0.4, 0.5) is 0 Å². The van der Waals surface area contributed by atoms with Crippen LogP contribution in [0.1, 0.15) is 79.6 Å². The van der Waals surface area contributed by atoms with Gasteiger partial charge in [0.2, 0.25) is 5.91 Å². The number of Topliss-reactive ketones (excluding diaryl/α,β-unsaturated/α-hetero) is 1. The molecule has 1 aromatic rings. The minimum atomic E-state index is -1.00. The minimum Gasteiger partial charge on any atom is -0.377 e. The molecular weight excluding hydrogens is 470 g/mol. The maximum absolute atomic E-state index is 14.0. The van der Waals surface area contributed by atoms with E-state index in [2.05, 4.69) is 22.3 Å². The average molecular weight is 510 g/mol. The number of rotatable bonds is 6. The van der Waals surface area contributed by atoms with Crippen molar-refractivity contribution in [2.24, 2.45) is 0 Å². The van der Waals surface area contributed by atoms with Gasteiger partial charge in [-0.15, -0.1) is 0 Å². The summed E-state index contributed by atoms with van der Waals surface area (Å²) in [5, 5.41) is 3.15. The number of piperidine rings is 1. The molecule has 3 saturated heterocycles. The number of likely N-dealkylation sites (tertiary alicyclic amines) is 2. The number of hydrogen-bond donors (Lipinski definition) is 1. The van der Waals surface area contributed by atoms with Crippen LogP contribution in [0, 0.1) is 0 Å². The number of nitrogens with one attached hydrogen (secondary N) is 1. The van der Waals surface area contributed by atoms with Crippen molar-refractivity contribution in [1.82, 2.24) is 15.1 Å². The molecule has 8 nitrogen and oxygen atoms in total. The average Bonchev–Trinajstić information content (AvgIpc) is 3.62. The Balaban J connectivity index is 1.15. The molecule has 3 atom stereocenters. The van der Waals surface area contributed by atoms with Crippen molar-refractivity contribution in [1.29, 1.82) is 0 Å². The van der Waals surface area contributed by atoms with Gasteiger partial charge in [0.05, 0.1) is 6.54 Å². The van der Waals surface area contributed by atoms with Crippen LogP contribution in [0.15, 0.2) is 24.3 Å². The first kappa shape index (κ1) is 25.0. The molecule has 0 unspecified atom stereocenters. The Hall–Kier alpha value is -2.29. The lowest BCUT2D eigenvalue weighted by Crippen LogP contribution is -2.62. The van der Waals surface area contributed by atoms with Gasteiger partial charge in [0.25, 0.3) is 5.91 Å². The molecule has 2 saturated carbocycles. The second kappa shape index (κ2) is 10.1. The molecule has 2 amide bonds. The smallest absolute Gasteiger partial charge is 0.252 e. The van der Waals surface area contributed by atoms with Crippen molar-refractivity contribution in [3.05, 3.63) is 35.4 Å². The molecule has 0 aromatic heterocycles. The van der Waals surface area contributed by atoms with Gasteiger partial charge in [-0.05, 0) is 75.2 Å². The minimum absolute atomic E-state index is 0.00425. The summed E-state index contributed by atoms with van der Waals surface area (Å²) in [5.74, 6) is 0.0570. The molecule has 0 spiro atoms.